The quantitative estimate of drug-likeness (QED) is 0.459. The van der Waals surface area contributed by atoms with Gasteiger partial charge in [0, 0.05) is 58.8 Å². The van der Waals surface area contributed by atoms with Crippen molar-refractivity contribution in [3.63, 3.8) is 0 Å². The molecule has 0 aliphatic carbocycles. The maximum Gasteiger partial charge on any atom is 0.248 e. The van der Waals surface area contributed by atoms with Gasteiger partial charge in [-0.1, -0.05) is 0 Å². The normalized spacial score (nSPS) is 41.3. The number of likely N-dealkylation sites (tertiary alicyclic amines) is 1. The zero-order chi connectivity index (χ0) is 23.3. The van der Waals surface area contributed by atoms with Gasteiger partial charge in [-0.25, -0.2) is 5.43 Å². The minimum absolute atomic E-state index is 0.173. The average Bonchev–Trinajstić information content (AvgIpc) is 3.72. The van der Waals surface area contributed by atoms with Gasteiger partial charge in [-0.3, -0.25) is 20.0 Å². The molecule has 0 spiro atoms. The molecule has 4 atom stereocenters. The Kier molecular flexibility index (Phi) is 6.03. The Balaban J connectivity index is 1.48. The van der Waals surface area contributed by atoms with E-state index in [2.05, 4.69) is 42.0 Å². The summed E-state index contributed by atoms with van der Waals surface area (Å²) in [6.07, 6.45) is 8.74. The minimum Gasteiger partial charge on any atom is -0.493 e. The van der Waals surface area contributed by atoms with Crippen LogP contribution < -0.4 is 16.1 Å². The smallest absolute Gasteiger partial charge is 0.248 e. The fraction of sp³-hybridized carbons (Fsp3) is 0.833. The summed E-state index contributed by atoms with van der Waals surface area (Å²) in [7, 11) is 0. The van der Waals surface area contributed by atoms with Gasteiger partial charge in [0.15, 0.2) is 5.72 Å². The number of hydroxylamine groups is 2. The molecular weight excluding hydrogens is 450 g/mol. The molecule has 0 aromatic carbocycles. The van der Waals surface area contributed by atoms with Crippen LogP contribution in [0.15, 0.2) is 23.6 Å². The molecule has 5 saturated heterocycles. The predicted molar refractivity (Wildman–Crippen MR) is 127 cm³/mol. The second kappa shape index (κ2) is 9.23. The van der Waals surface area contributed by atoms with Crippen molar-refractivity contribution in [1.82, 2.24) is 35.9 Å². The van der Waals surface area contributed by atoms with Crippen molar-refractivity contribution >= 4 is 0 Å². The number of ether oxygens (including phenoxy) is 3. The van der Waals surface area contributed by atoms with Crippen LogP contribution in [0.4, 0.5) is 0 Å². The summed E-state index contributed by atoms with van der Waals surface area (Å²) < 4.78 is 20.5. The van der Waals surface area contributed by atoms with Crippen molar-refractivity contribution in [1.29, 1.82) is 0 Å². The molecule has 0 aromatic heterocycles. The standard InChI is InChI=1S/C24H39N7O4/c1-2-11-28(10-1)24(31-13-5-16-34-31)21(30-12-4-7-27-30)20(22-26-9-17-33-22)23(35-24,19-6-3-15-32-19)29-14-8-25-18-29/h3,15,19,22,25-27H,1-2,4-14,16-18H2. The molecule has 4 unspecified atom stereocenters. The average molecular weight is 490 g/mol. The molecule has 7 aliphatic heterocycles. The molecule has 0 amide bonds. The van der Waals surface area contributed by atoms with Gasteiger partial charge in [0.2, 0.25) is 5.85 Å². The van der Waals surface area contributed by atoms with Gasteiger partial charge in [0.25, 0.3) is 0 Å². The maximum absolute atomic E-state index is 7.69. The van der Waals surface area contributed by atoms with Crippen molar-refractivity contribution in [3.8, 4) is 0 Å². The highest BCUT2D eigenvalue weighted by atomic mass is 16.7. The highest BCUT2D eigenvalue weighted by Gasteiger charge is 2.70. The zero-order valence-corrected chi connectivity index (χ0v) is 20.5. The van der Waals surface area contributed by atoms with Crippen LogP contribution in [0.3, 0.4) is 0 Å². The first-order chi connectivity index (χ1) is 17.3. The molecule has 7 rings (SSSR count). The largest absolute Gasteiger partial charge is 0.493 e. The van der Waals surface area contributed by atoms with Crippen molar-refractivity contribution in [2.24, 2.45) is 0 Å². The minimum atomic E-state index is -0.845. The summed E-state index contributed by atoms with van der Waals surface area (Å²) in [6, 6.07) is 0. The molecule has 0 bridgehead atoms. The number of hydrogen-bond donors (Lipinski definition) is 3. The van der Waals surface area contributed by atoms with Crippen LogP contribution in [0, 0.1) is 0 Å². The Bertz CT molecular complexity index is 758. The second-order valence-electron chi connectivity index (χ2n) is 10.4. The van der Waals surface area contributed by atoms with Crippen LogP contribution in [0.1, 0.15) is 32.1 Å². The van der Waals surface area contributed by atoms with E-state index in [9.17, 15) is 0 Å². The first-order valence-electron chi connectivity index (χ1n) is 13.6. The van der Waals surface area contributed by atoms with Gasteiger partial charge in [-0.15, -0.1) is 5.06 Å². The van der Waals surface area contributed by atoms with E-state index in [0.29, 0.717) is 13.2 Å². The van der Waals surface area contributed by atoms with E-state index in [1.165, 1.54) is 0 Å². The lowest BCUT2D eigenvalue weighted by atomic mass is 9.91. The molecule has 7 aliphatic rings. The fourth-order valence-electron chi connectivity index (χ4n) is 6.98. The number of rotatable bonds is 6. The van der Waals surface area contributed by atoms with Crippen LogP contribution >= 0.6 is 0 Å². The molecule has 7 heterocycles. The summed E-state index contributed by atoms with van der Waals surface area (Å²) in [4.78, 5) is 11.3. The van der Waals surface area contributed by atoms with Crippen molar-refractivity contribution in [2.45, 2.75) is 56.0 Å². The van der Waals surface area contributed by atoms with E-state index in [4.69, 9.17) is 19.0 Å². The number of nitrogens with zero attached hydrogens (tertiary/aromatic N) is 4. The van der Waals surface area contributed by atoms with E-state index in [0.717, 1.165) is 102 Å². The molecule has 194 valence electrons. The third kappa shape index (κ3) is 3.44. The fourth-order valence-corrected chi connectivity index (χ4v) is 6.98. The van der Waals surface area contributed by atoms with Gasteiger partial charge in [0.05, 0.1) is 31.7 Å². The lowest BCUT2D eigenvalue weighted by molar-refractivity contribution is -0.367. The highest BCUT2D eigenvalue weighted by Crippen LogP contribution is 2.55. The zero-order valence-electron chi connectivity index (χ0n) is 20.5. The van der Waals surface area contributed by atoms with E-state index >= 15 is 0 Å². The topological polar surface area (TPSA) is 86.0 Å². The van der Waals surface area contributed by atoms with E-state index in [-0.39, 0.29) is 12.3 Å². The molecule has 0 saturated carbocycles. The summed E-state index contributed by atoms with van der Waals surface area (Å²) in [5.74, 6) is -0.845. The summed E-state index contributed by atoms with van der Waals surface area (Å²) in [5.41, 5.74) is 5.17. The SMILES string of the molecule is C1=COC(C2(N3CCNC3)OC(N3CCCC3)(N3CCCO3)C(N3CCCN3)=C2C2NCCO2)C1. The number of hydrazine groups is 1. The first kappa shape index (κ1) is 22.9. The van der Waals surface area contributed by atoms with Crippen LogP contribution in [-0.2, 0) is 19.0 Å². The van der Waals surface area contributed by atoms with Gasteiger partial charge in [-0.05, 0) is 31.8 Å². The highest BCUT2D eigenvalue weighted by molar-refractivity contribution is 5.41. The molecule has 11 nitrogen and oxygen atoms in total. The summed E-state index contributed by atoms with van der Waals surface area (Å²) >= 11 is 0. The molecular formula is C24H39N7O4. The van der Waals surface area contributed by atoms with Gasteiger partial charge >= 0.3 is 0 Å². The van der Waals surface area contributed by atoms with Crippen LogP contribution in [0.25, 0.3) is 0 Å². The van der Waals surface area contributed by atoms with Crippen molar-refractivity contribution < 1.29 is 19.0 Å². The van der Waals surface area contributed by atoms with E-state index in [1.54, 1.807) is 0 Å². The Morgan fingerprint density at radius 3 is 2.51 bits per heavy atom. The molecule has 0 aromatic rings. The summed E-state index contributed by atoms with van der Waals surface area (Å²) in [6.45, 7) is 9.43. The monoisotopic (exact) mass is 489 g/mol. The Labute approximate surface area is 207 Å². The second-order valence-corrected chi connectivity index (χ2v) is 10.4. The molecule has 0 radical (unpaired) electrons. The Morgan fingerprint density at radius 2 is 1.86 bits per heavy atom. The molecule has 3 N–H and O–H groups in total. The number of nitrogens with one attached hydrogen (secondary N) is 3. The Morgan fingerprint density at radius 1 is 0.914 bits per heavy atom. The molecule has 11 heteroatoms. The lowest BCUT2D eigenvalue weighted by Crippen LogP contribution is -2.67. The summed E-state index contributed by atoms with van der Waals surface area (Å²) in [5, 5.41) is 11.7. The number of hydrogen-bond acceptors (Lipinski definition) is 11. The third-order valence-corrected chi connectivity index (χ3v) is 8.44. The Hall–Kier alpha value is -1.28. The third-order valence-electron chi connectivity index (χ3n) is 8.44. The molecule has 5 fully saturated rings. The van der Waals surface area contributed by atoms with Crippen LogP contribution in [0.5, 0.6) is 0 Å². The van der Waals surface area contributed by atoms with Crippen LogP contribution in [-0.4, -0.2) is 116 Å². The van der Waals surface area contributed by atoms with Crippen molar-refractivity contribution in [2.75, 3.05) is 72.2 Å². The van der Waals surface area contributed by atoms with E-state index < -0.39 is 11.6 Å². The predicted octanol–water partition coefficient (Wildman–Crippen LogP) is -0.325. The first-order valence-corrected chi connectivity index (χ1v) is 13.6. The van der Waals surface area contributed by atoms with Gasteiger partial charge < -0.3 is 24.5 Å². The lowest BCUT2D eigenvalue weighted by Gasteiger charge is -2.50. The van der Waals surface area contributed by atoms with Gasteiger partial charge in [0.1, 0.15) is 18.0 Å². The van der Waals surface area contributed by atoms with Crippen molar-refractivity contribution in [3.05, 3.63) is 23.6 Å². The van der Waals surface area contributed by atoms with Crippen LogP contribution in [0.2, 0.25) is 0 Å². The van der Waals surface area contributed by atoms with Gasteiger partial charge in [-0.2, -0.15) is 0 Å². The van der Waals surface area contributed by atoms with E-state index in [1.807, 2.05) is 6.26 Å². The molecule has 35 heavy (non-hydrogen) atoms. The maximum atomic E-state index is 7.69.